The zero-order chi connectivity index (χ0) is 15.6. The van der Waals surface area contributed by atoms with Crippen LogP contribution in [-0.2, 0) is 0 Å². The smallest absolute Gasteiger partial charge is 0.166 e. The number of thioether (sulfide) groups is 1. The monoisotopic (exact) mass is 320 g/mol. The summed E-state index contributed by atoms with van der Waals surface area (Å²) in [6.45, 7) is 2.09. The highest BCUT2D eigenvalue weighted by Crippen LogP contribution is 2.38. The van der Waals surface area contributed by atoms with E-state index < -0.39 is 0 Å². The largest absolute Gasteiger partial charge is 0.340 e. The Kier molecular flexibility index (Phi) is 3.63. The molecule has 4 aromatic rings. The molecule has 0 bridgehead atoms. The second kappa shape index (κ2) is 5.93. The van der Waals surface area contributed by atoms with Crippen LogP contribution in [0, 0.1) is 6.92 Å². The summed E-state index contributed by atoms with van der Waals surface area (Å²) < 4.78 is 2.09. The van der Waals surface area contributed by atoms with Crippen molar-refractivity contribution in [1.29, 1.82) is 0 Å². The molecule has 0 radical (unpaired) electrons. The van der Waals surface area contributed by atoms with Crippen LogP contribution >= 0.6 is 11.8 Å². The second-order valence-electron chi connectivity index (χ2n) is 5.39. The third-order valence-electron chi connectivity index (χ3n) is 3.77. The molecule has 0 saturated carbocycles. The number of nitrogens with one attached hydrogen (secondary N) is 1. The van der Waals surface area contributed by atoms with Gasteiger partial charge in [-0.2, -0.15) is 0 Å². The van der Waals surface area contributed by atoms with E-state index in [4.69, 9.17) is 4.98 Å². The molecular weight excluding hydrogens is 304 g/mol. The number of hydrogen-bond donors (Lipinski definition) is 1. The average Bonchev–Trinajstić information content (AvgIpc) is 3.23. The van der Waals surface area contributed by atoms with Crippen LogP contribution in [0.1, 0.15) is 22.1 Å². The maximum atomic E-state index is 4.87. The highest BCUT2D eigenvalue weighted by Gasteiger charge is 2.20. The van der Waals surface area contributed by atoms with E-state index in [1.807, 2.05) is 24.5 Å². The summed E-state index contributed by atoms with van der Waals surface area (Å²) in [4.78, 5) is 12.4. The number of aromatic amines is 1. The Bertz CT molecular complexity index is 913. The molecular formula is C18H16N4S. The van der Waals surface area contributed by atoms with Gasteiger partial charge >= 0.3 is 0 Å². The highest BCUT2D eigenvalue weighted by atomic mass is 32.2. The van der Waals surface area contributed by atoms with Gasteiger partial charge in [-0.1, -0.05) is 48.2 Å². The highest BCUT2D eigenvalue weighted by molar-refractivity contribution is 7.99. The Morgan fingerprint density at radius 2 is 2.00 bits per heavy atom. The van der Waals surface area contributed by atoms with Crippen LogP contribution in [0.25, 0.3) is 5.65 Å². The van der Waals surface area contributed by atoms with Crippen molar-refractivity contribution in [2.24, 2.45) is 0 Å². The van der Waals surface area contributed by atoms with Crippen LogP contribution in [0.2, 0.25) is 0 Å². The maximum Gasteiger partial charge on any atom is 0.166 e. The molecule has 0 aliphatic heterocycles. The van der Waals surface area contributed by atoms with E-state index in [0.29, 0.717) is 0 Å². The van der Waals surface area contributed by atoms with Crippen LogP contribution in [0.15, 0.2) is 72.4 Å². The SMILES string of the molecule is Cc1cccn2cc(C(Sc3ncc[nH]3)c3ccccc3)nc12. The summed E-state index contributed by atoms with van der Waals surface area (Å²) in [5.74, 6) is 0. The van der Waals surface area contributed by atoms with Gasteiger partial charge in [0.05, 0.1) is 10.9 Å². The molecule has 4 rings (SSSR count). The van der Waals surface area contributed by atoms with E-state index in [0.717, 1.165) is 16.5 Å². The molecule has 1 atom stereocenters. The Morgan fingerprint density at radius 1 is 1.13 bits per heavy atom. The Hall–Kier alpha value is -2.53. The number of imidazole rings is 2. The first kappa shape index (κ1) is 14.1. The predicted octanol–water partition coefficient (Wildman–Crippen LogP) is 4.25. The van der Waals surface area contributed by atoms with Gasteiger partial charge < -0.3 is 9.38 Å². The first-order valence-electron chi connectivity index (χ1n) is 7.46. The number of H-pyrrole nitrogens is 1. The third-order valence-corrected chi connectivity index (χ3v) is 4.97. The number of benzene rings is 1. The molecule has 1 N–H and O–H groups in total. The molecule has 114 valence electrons. The Morgan fingerprint density at radius 3 is 2.74 bits per heavy atom. The van der Waals surface area contributed by atoms with Gasteiger partial charge in [-0.25, -0.2) is 9.97 Å². The molecule has 3 heterocycles. The lowest BCUT2D eigenvalue weighted by Gasteiger charge is -2.13. The van der Waals surface area contributed by atoms with Crippen LogP contribution in [-0.4, -0.2) is 19.4 Å². The van der Waals surface area contributed by atoms with Crippen LogP contribution in [0.5, 0.6) is 0 Å². The molecule has 0 fully saturated rings. The lowest BCUT2D eigenvalue weighted by molar-refractivity contribution is 1.02. The fourth-order valence-electron chi connectivity index (χ4n) is 2.65. The number of aryl methyl sites for hydroxylation is 1. The van der Waals surface area contributed by atoms with Gasteiger partial charge in [-0.05, 0) is 24.1 Å². The third kappa shape index (κ3) is 2.75. The topological polar surface area (TPSA) is 46.0 Å². The number of fused-ring (bicyclic) bond motifs is 1. The van der Waals surface area contributed by atoms with Crippen molar-refractivity contribution >= 4 is 17.4 Å². The molecule has 0 saturated heterocycles. The van der Waals surface area contributed by atoms with Crippen molar-refractivity contribution in [2.45, 2.75) is 17.3 Å². The lowest BCUT2D eigenvalue weighted by atomic mass is 10.1. The zero-order valence-corrected chi connectivity index (χ0v) is 13.5. The van der Waals surface area contributed by atoms with Gasteiger partial charge in [0.25, 0.3) is 0 Å². The van der Waals surface area contributed by atoms with Crippen LogP contribution < -0.4 is 0 Å². The van der Waals surface area contributed by atoms with Gasteiger partial charge in [-0.15, -0.1) is 0 Å². The van der Waals surface area contributed by atoms with Gasteiger partial charge in [0, 0.05) is 24.8 Å². The molecule has 3 aromatic heterocycles. The van der Waals surface area contributed by atoms with E-state index in [2.05, 4.69) is 57.8 Å². The molecule has 1 unspecified atom stereocenters. The molecule has 0 aliphatic rings. The van der Waals surface area contributed by atoms with E-state index in [1.54, 1.807) is 18.0 Å². The molecule has 0 spiro atoms. The van der Waals surface area contributed by atoms with E-state index in [-0.39, 0.29) is 5.25 Å². The fraction of sp³-hybridized carbons (Fsp3) is 0.111. The minimum absolute atomic E-state index is 0.0988. The first-order valence-corrected chi connectivity index (χ1v) is 8.34. The lowest BCUT2D eigenvalue weighted by Crippen LogP contribution is -1.97. The van der Waals surface area contributed by atoms with E-state index in [9.17, 15) is 0 Å². The van der Waals surface area contributed by atoms with Gasteiger partial charge in [-0.3, -0.25) is 0 Å². The summed E-state index contributed by atoms with van der Waals surface area (Å²) in [6, 6.07) is 14.6. The number of nitrogens with zero attached hydrogens (tertiary/aromatic N) is 3. The normalized spacial score (nSPS) is 12.6. The van der Waals surface area contributed by atoms with Crippen molar-refractivity contribution in [3.8, 4) is 0 Å². The number of rotatable bonds is 4. The molecule has 1 aromatic carbocycles. The van der Waals surface area contributed by atoms with Gasteiger partial charge in [0.15, 0.2) is 5.16 Å². The van der Waals surface area contributed by atoms with Crippen LogP contribution in [0.4, 0.5) is 0 Å². The standard InChI is InChI=1S/C18H16N4S/c1-13-6-5-11-22-12-15(21-17(13)22)16(14-7-3-2-4-8-14)23-18-19-9-10-20-18/h2-12,16H,1H3,(H,19,20). The predicted molar refractivity (Wildman–Crippen MR) is 92.7 cm³/mol. The summed E-state index contributed by atoms with van der Waals surface area (Å²) in [7, 11) is 0. The molecule has 0 amide bonds. The number of pyridine rings is 1. The summed E-state index contributed by atoms with van der Waals surface area (Å²) in [6.07, 6.45) is 7.77. The fourth-order valence-corrected chi connectivity index (χ4v) is 3.66. The van der Waals surface area contributed by atoms with Crippen molar-refractivity contribution in [3.63, 3.8) is 0 Å². The van der Waals surface area contributed by atoms with Crippen molar-refractivity contribution < 1.29 is 0 Å². The first-order chi connectivity index (χ1) is 11.3. The second-order valence-corrected chi connectivity index (χ2v) is 6.48. The molecule has 0 aliphatic carbocycles. The van der Waals surface area contributed by atoms with Gasteiger partial charge in [0.2, 0.25) is 0 Å². The number of aromatic nitrogens is 4. The van der Waals surface area contributed by atoms with Gasteiger partial charge in [0.1, 0.15) is 5.65 Å². The Balaban J connectivity index is 1.81. The quantitative estimate of drug-likeness (QED) is 0.572. The minimum Gasteiger partial charge on any atom is -0.340 e. The molecule has 4 nitrogen and oxygen atoms in total. The molecule has 23 heavy (non-hydrogen) atoms. The van der Waals surface area contributed by atoms with E-state index >= 15 is 0 Å². The summed E-state index contributed by atoms with van der Waals surface area (Å²) in [5, 5.41) is 0.995. The molecule has 5 heteroatoms. The number of hydrogen-bond acceptors (Lipinski definition) is 3. The van der Waals surface area contributed by atoms with E-state index in [1.165, 1.54) is 11.1 Å². The maximum absolute atomic E-state index is 4.87. The van der Waals surface area contributed by atoms with Crippen molar-refractivity contribution in [1.82, 2.24) is 19.4 Å². The van der Waals surface area contributed by atoms with Crippen molar-refractivity contribution in [3.05, 3.63) is 84.1 Å². The zero-order valence-electron chi connectivity index (χ0n) is 12.7. The minimum atomic E-state index is 0.0988. The average molecular weight is 320 g/mol. The summed E-state index contributed by atoms with van der Waals surface area (Å²) >= 11 is 1.68. The van der Waals surface area contributed by atoms with Crippen molar-refractivity contribution in [2.75, 3.05) is 0 Å². The Labute approximate surface area is 138 Å². The van der Waals surface area contributed by atoms with Crippen LogP contribution in [0.3, 0.4) is 0 Å². The summed E-state index contributed by atoms with van der Waals surface area (Å²) in [5.41, 5.74) is 4.43.